The number of Topliss-reactive ketones (excluding diaryl/α,β-unsaturated/α-hetero) is 1. The average molecular weight is 375 g/mol. The van der Waals surface area contributed by atoms with Crippen LogP contribution in [0.25, 0.3) is 6.08 Å². The van der Waals surface area contributed by atoms with Gasteiger partial charge in [-0.1, -0.05) is 17.7 Å². The summed E-state index contributed by atoms with van der Waals surface area (Å²) in [7, 11) is 1.72. The van der Waals surface area contributed by atoms with Crippen LogP contribution >= 0.6 is 11.6 Å². The summed E-state index contributed by atoms with van der Waals surface area (Å²) in [5, 5.41) is 4.60. The lowest BCUT2D eigenvalue weighted by molar-refractivity contribution is -0.140. The molecule has 1 unspecified atom stereocenters. The van der Waals surface area contributed by atoms with Crippen LogP contribution in [0.3, 0.4) is 0 Å². The SMILES string of the molecule is Cc1cc(C)c(C(=O)C(C)OC(=O)/C=C/c2c(C)nn(C)c2Cl)cc1C. The molecule has 2 rings (SSSR count). The maximum atomic E-state index is 12.6. The van der Waals surface area contributed by atoms with Crippen molar-refractivity contribution in [2.45, 2.75) is 40.7 Å². The molecule has 0 N–H and O–H groups in total. The van der Waals surface area contributed by atoms with Crippen molar-refractivity contribution in [1.29, 1.82) is 0 Å². The molecule has 1 aromatic heterocycles. The number of carbonyl (C=O) groups is 2. The molecule has 0 radical (unpaired) electrons. The molecule has 138 valence electrons. The molecule has 0 amide bonds. The first kappa shape index (κ1) is 19.9. The third-order valence-electron chi connectivity index (χ3n) is 4.35. The van der Waals surface area contributed by atoms with Crippen LogP contribution in [0.2, 0.25) is 5.15 Å². The smallest absolute Gasteiger partial charge is 0.331 e. The molecule has 26 heavy (non-hydrogen) atoms. The number of aryl methyl sites for hydroxylation is 5. The van der Waals surface area contributed by atoms with Gasteiger partial charge in [0.2, 0.25) is 5.78 Å². The third-order valence-corrected chi connectivity index (χ3v) is 4.80. The third kappa shape index (κ3) is 4.22. The lowest BCUT2D eigenvalue weighted by Crippen LogP contribution is -2.24. The van der Waals surface area contributed by atoms with Gasteiger partial charge in [-0.2, -0.15) is 5.10 Å². The van der Waals surface area contributed by atoms with E-state index in [4.69, 9.17) is 16.3 Å². The van der Waals surface area contributed by atoms with Gasteiger partial charge in [-0.3, -0.25) is 9.48 Å². The summed E-state index contributed by atoms with van der Waals surface area (Å²) in [4.78, 5) is 24.7. The number of hydrogen-bond acceptors (Lipinski definition) is 4. The molecule has 6 heteroatoms. The normalized spacial score (nSPS) is 12.4. The van der Waals surface area contributed by atoms with Crippen LogP contribution in [0.15, 0.2) is 18.2 Å². The molecule has 0 aliphatic heterocycles. The lowest BCUT2D eigenvalue weighted by Gasteiger charge is -2.14. The molecule has 0 aliphatic carbocycles. The van der Waals surface area contributed by atoms with Crippen LogP contribution in [-0.4, -0.2) is 27.6 Å². The van der Waals surface area contributed by atoms with E-state index in [9.17, 15) is 9.59 Å². The Morgan fingerprint density at radius 1 is 1.15 bits per heavy atom. The minimum Gasteiger partial charge on any atom is -0.451 e. The van der Waals surface area contributed by atoms with Crippen LogP contribution in [0.5, 0.6) is 0 Å². The largest absolute Gasteiger partial charge is 0.451 e. The first-order chi connectivity index (χ1) is 12.1. The topological polar surface area (TPSA) is 61.2 Å². The Labute approximate surface area is 158 Å². The van der Waals surface area contributed by atoms with E-state index in [0.717, 1.165) is 16.7 Å². The number of halogens is 1. The van der Waals surface area contributed by atoms with Crippen molar-refractivity contribution in [2.75, 3.05) is 0 Å². The number of carbonyl (C=O) groups excluding carboxylic acids is 2. The van der Waals surface area contributed by atoms with Gasteiger partial charge < -0.3 is 4.74 Å². The summed E-state index contributed by atoms with van der Waals surface area (Å²) in [5.41, 5.74) is 4.94. The highest BCUT2D eigenvalue weighted by atomic mass is 35.5. The van der Waals surface area contributed by atoms with Crippen LogP contribution in [0, 0.1) is 27.7 Å². The van der Waals surface area contributed by atoms with E-state index in [1.165, 1.54) is 10.8 Å². The van der Waals surface area contributed by atoms with Crippen molar-refractivity contribution in [3.05, 3.63) is 56.9 Å². The van der Waals surface area contributed by atoms with Gasteiger partial charge in [-0.25, -0.2) is 4.79 Å². The highest BCUT2D eigenvalue weighted by molar-refractivity contribution is 6.31. The van der Waals surface area contributed by atoms with Crippen molar-refractivity contribution in [3.8, 4) is 0 Å². The van der Waals surface area contributed by atoms with Crippen molar-refractivity contribution < 1.29 is 14.3 Å². The molecule has 5 nitrogen and oxygen atoms in total. The quantitative estimate of drug-likeness (QED) is 0.448. The van der Waals surface area contributed by atoms with Crippen molar-refractivity contribution >= 4 is 29.4 Å². The predicted octanol–water partition coefficient (Wildman–Crippen LogP) is 4.13. The second-order valence-corrected chi connectivity index (χ2v) is 6.80. The van der Waals surface area contributed by atoms with E-state index in [1.54, 1.807) is 27.0 Å². The Balaban J connectivity index is 2.10. The highest BCUT2D eigenvalue weighted by Crippen LogP contribution is 2.21. The van der Waals surface area contributed by atoms with Crippen LogP contribution < -0.4 is 0 Å². The molecule has 1 atom stereocenters. The molecule has 0 spiro atoms. The summed E-state index contributed by atoms with van der Waals surface area (Å²) < 4.78 is 6.78. The summed E-state index contributed by atoms with van der Waals surface area (Å²) in [6.07, 6.45) is 1.93. The molecule has 1 heterocycles. The molecule has 0 aliphatic rings. The number of aromatic nitrogens is 2. The minimum absolute atomic E-state index is 0.219. The summed E-state index contributed by atoms with van der Waals surface area (Å²) in [5.74, 6) is -0.824. The zero-order valence-corrected chi connectivity index (χ0v) is 16.6. The first-order valence-electron chi connectivity index (χ1n) is 8.31. The number of ketones is 1. The summed E-state index contributed by atoms with van der Waals surface area (Å²) in [6.45, 7) is 9.19. The van der Waals surface area contributed by atoms with E-state index in [0.29, 0.717) is 22.0 Å². The molecule has 0 saturated heterocycles. The van der Waals surface area contributed by atoms with E-state index in [-0.39, 0.29) is 5.78 Å². The van der Waals surface area contributed by atoms with E-state index in [2.05, 4.69) is 5.10 Å². The summed E-state index contributed by atoms with van der Waals surface area (Å²) >= 11 is 6.12. The van der Waals surface area contributed by atoms with Crippen molar-refractivity contribution in [3.63, 3.8) is 0 Å². The van der Waals surface area contributed by atoms with E-state index < -0.39 is 12.1 Å². The molecular formula is C20H23ClN2O3. The Morgan fingerprint density at radius 2 is 1.77 bits per heavy atom. The Bertz CT molecular complexity index is 897. The molecule has 0 saturated carbocycles. The summed E-state index contributed by atoms with van der Waals surface area (Å²) in [6, 6.07) is 3.80. The van der Waals surface area contributed by atoms with Crippen LogP contribution in [-0.2, 0) is 16.6 Å². The van der Waals surface area contributed by atoms with Gasteiger partial charge >= 0.3 is 5.97 Å². The second kappa shape index (κ2) is 7.87. The maximum absolute atomic E-state index is 12.6. The van der Waals surface area contributed by atoms with E-state index >= 15 is 0 Å². The molecular weight excluding hydrogens is 352 g/mol. The molecule has 0 fully saturated rings. The highest BCUT2D eigenvalue weighted by Gasteiger charge is 2.21. The van der Waals surface area contributed by atoms with Gasteiger partial charge in [0.25, 0.3) is 0 Å². The van der Waals surface area contributed by atoms with Gasteiger partial charge in [0, 0.05) is 24.3 Å². The molecule has 2 aromatic rings. The fourth-order valence-electron chi connectivity index (χ4n) is 2.70. The lowest BCUT2D eigenvalue weighted by atomic mass is 9.96. The predicted molar refractivity (Wildman–Crippen MR) is 103 cm³/mol. The molecule has 0 bridgehead atoms. The van der Waals surface area contributed by atoms with Gasteiger partial charge in [0.1, 0.15) is 5.15 Å². The first-order valence-corrected chi connectivity index (χ1v) is 8.69. The average Bonchev–Trinajstić information content (AvgIpc) is 2.80. The second-order valence-electron chi connectivity index (χ2n) is 6.44. The number of ether oxygens (including phenoxy) is 1. The standard InChI is InChI=1S/C20H23ClN2O3/c1-11-9-13(3)17(10-12(11)2)19(25)15(5)26-18(24)8-7-16-14(4)22-23(6)20(16)21/h7-10,15H,1-6H3/b8-7+. The zero-order valence-electron chi connectivity index (χ0n) is 15.9. The van der Waals surface area contributed by atoms with Crippen LogP contribution in [0.1, 0.15) is 45.2 Å². The fraction of sp³-hybridized carbons (Fsp3) is 0.350. The molecule has 1 aromatic carbocycles. The number of esters is 1. The maximum Gasteiger partial charge on any atom is 0.331 e. The fourth-order valence-corrected chi connectivity index (χ4v) is 2.94. The van der Waals surface area contributed by atoms with Crippen LogP contribution in [0.4, 0.5) is 0 Å². The van der Waals surface area contributed by atoms with E-state index in [1.807, 2.05) is 32.9 Å². The van der Waals surface area contributed by atoms with Gasteiger partial charge in [-0.15, -0.1) is 0 Å². The van der Waals surface area contributed by atoms with Gasteiger partial charge in [0.05, 0.1) is 5.69 Å². The zero-order chi connectivity index (χ0) is 19.6. The number of rotatable bonds is 5. The minimum atomic E-state index is -0.876. The Morgan fingerprint density at radius 3 is 2.35 bits per heavy atom. The Kier molecular flexibility index (Phi) is 6.03. The number of benzene rings is 1. The van der Waals surface area contributed by atoms with Crippen molar-refractivity contribution in [2.24, 2.45) is 7.05 Å². The number of hydrogen-bond donors (Lipinski definition) is 0. The van der Waals surface area contributed by atoms with Crippen molar-refractivity contribution in [1.82, 2.24) is 9.78 Å². The van der Waals surface area contributed by atoms with Gasteiger partial charge in [-0.05, 0) is 63.5 Å². The Hall–Kier alpha value is -2.40. The van der Waals surface area contributed by atoms with Gasteiger partial charge in [0.15, 0.2) is 6.10 Å². The monoisotopic (exact) mass is 374 g/mol. The number of nitrogens with zero attached hydrogens (tertiary/aromatic N) is 2.